The van der Waals surface area contributed by atoms with Crippen molar-refractivity contribution in [2.75, 3.05) is 25.6 Å². The van der Waals surface area contributed by atoms with Gasteiger partial charge in [-0.15, -0.1) is 0 Å². The molecular formula is C10H12Cl3N3O2. The summed E-state index contributed by atoms with van der Waals surface area (Å²) in [5.41, 5.74) is 0.222. The van der Waals surface area contributed by atoms with Gasteiger partial charge < -0.3 is 9.64 Å². The minimum Gasteiger partial charge on any atom is -0.462 e. The van der Waals surface area contributed by atoms with Gasteiger partial charge in [-0.3, -0.25) is 0 Å². The Kier molecular flexibility index (Phi) is 5.01. The molecule has 0 aliphatic heterocycles. The van der Waals surface area contributed by atoms with E-state index in [0.29, 0.717) is 5.82 Å². The molecule has 0 bridgehead atoms. The lowest BCUT2D eigenvalue weighted by Crippen LogP contribution is -2.20. The molecule has 0 radical (unpaired) electrons. The zero-order valence-corrected chi connectivity index (χ0v) is 12.3. The molecule has 0 saturated carbocycles. The maximum atomic E-state index is 11.7. The number of alkyl halides is 3. The highest BCUT2D eigenvalue weighted by molar-refractivity contribution is 6.66. The fourth-order valence-corrected chi connectivity index (χ4v) is 1.48. The summed E-state index contributed by atoms with van der Waals surface area (Å²) in [6, 6.07) is 0. The third-order valence-corrected chi connectivity index (χ3v) is 2.45. The van der Waals surface area contributed by atoms with Crippen LogP contribution in [0, 0.1) is 0 Å². The summed E-state index contributed by atoms with van der Waals surface area (Å²) >= 11 is 17.1. The SMILES string of the molecule is CCOC(=O)c1cnc(C(Cl)(Cl)Cl)nc1N(C)C. The first-order valence-corrected chi connectivity index (χ1v) is 6.19. The van der Waals surface area contributed by atoms with Crippen LogP contribution in [0.4, 0.5) is 5.82 Å². The van der Waals surface area contributed by atoms with Crippen molar-refractivity contribution in [2.45, 2.75) is 10.7 Å². The van der Waals surface area contributed by atoms with Crippen LogP contribution >= 0.6 is 34.8 Å². The van der Waals surface area contributed by atoms with Gasteiger partial charge in [-0.25, -0.2) is 14.8 Å². The normalized spacial score (nSPS) is 11.2. The average Bonchev–Trinajstić information content (AvgIpc) is 2.27. The Labute approximate surface area is 120 Å². The first-order valence-electron chi connectivity index (χ1n) is 5.06. The summed E-state index contributed by atoms with van der Waals surface area (Å²) in [6.45, 7) is 1.97. The van der Waals surface area contributed by atoms with E-state index in [0.717, 1.165) is 0 Å². The predicted octanol–water partition coefficient (Wildman–Crippen LogP) is 2.55. The van der Waals surface area contributed by atoms with Crippen molar-refractivity contribution in [3.05, 3.63) is 17.6 Å². The third kappa shape index (κ3) is 3.60. The molecule has 8 heteroatoms. The Bertz CT molecular complexity index is 446. The van der Waals surface area contributed by atoms with Gasteiger partial charge in [0.25, 0.3) is 0 Å². The van der Waals surface area contributed by atoms with Gasteiger partial charge in [-0.05, 0) is 6.92 Å². The molecule has 0 spiro atoms. The van der Waals surface area contributed by atoms with Crippen LogP contribution in [0.5, 0.6) is 0 Å². The standard InChI is InChI=1S/C10H12Cl3N3O2/c1-4-18-8(17)6-5-14-9(10(11,12)13)15-7(6)16(2)3/h5H,4H2,1-3H3. The molecule has 1 rings (SSSR count). The number of ether oxygens (including phenoxy) is 1. The summed E-state index contributed by atoms with van der Waals surface area (Å²) in [5, 5.41) is 0. The van der Waals surface area contributed by atoms with Crippen molar-refractivity contribution in [3.8, 4) is 0 Å². The van der Waals surface area contributed by atoms with Gasteiger partial charge in [0, 0.05) is 20.3 Å². The minimum absolute atomic E-state index is 0.00393. The number of hydrogen-bond acceptors (Lipinski definition) is 5. The van der Waals surface area contributed by atoms with Crippen molar-refractivity contribution >= 4 is 46.6 Å². The van der Waals surface area contributed by atoms with Crippen LogP contribution in [0.1, 0.15) is 23.1 Å². The zero-order chi connectivity index (χ0) is 13.9. The number of aromatic nitrogens is 2. The highest BCUT2D eigenvalue weighted by Gasteiger charge is 2.29. The fourth-order valence-electron chi connectivity index (χ4n) is 1.20. The molecule has 100 valence electrons. The van der Waals surface area contributed by atoms with Gasteiger partial charge in [0.05, 0.1) is 6.61 Å². The van der Waals surface area contributed by atoms with Gasteiger partial charge in [-0.1, -0.05) is 34.8 Å². The van der Waals surface area contributed by atoms with Crippen molar-refractivity contribution in [3.63, 3.8) is 0 Å². The molecule has 0 unspecified atom stereocenters. The lowest BCUT2D eigenvalue weighted by Gasteiger charge is -2.17. The number of halogens is 3. The number of esters is 1. The second kappa shape index (κ2) is 5.91. The maximum Gasteiger partial charge on any atom is 0.343 e. The molecule has 1 aromatic heterocycles. The van der Waals surface area contributed by atoms with E-state index in [9.17, 15) is 4.79 Å². The third-order valence-electron chi connectivity index (χ3n) is 1.94. The van der Waals surface area contributed by atoms with Crippen LogP contribution in [0.2, 0.25) is 0 Å². The van der Waals surface area contributed by atoms with E-state index in [2.05, 4.69) is 9.97 Å². The largest absolute Gasteiger partial charge is 0.462 e. The first kappa shape index (κ1) is 15.3. The molecular weight excluding hydrogens is 300 g/mol. The lowest BCUT2D eigenvalue weighted by atomic mass is 10.3. The molecule has 0 amide bonds. The van der Waals surface area contributed by atoms with E-state index in [-0.39, 0.29) is 18.0 Å². The summed E-state index contributed by atoms with van der Waals surface area (Å²) in [7, 11) is 3.43. The molecule has 0 aromatic carbocycles. The van der Waals surface area contributed by atoms with Crippen LogP contribution < -0.4 is 4.90 Å². The van der Waals surface area contributed by atoms with E-state index in [1.54, 1.807) is 25.9 Å². The average molecular weight is 313 g/mol. The van der Waals surface area contributed by atoms with Gasteiger partial charge in [0.15, 0.2) is 5.82 Å². The quantitative estimate of drug-likeness (QED) is 0.634. The predicted molar refractivity (Wildman–Crippen MR) is 71.6 cm³/mol. The molecule has 0 atom stereocenters. The van der Waals surface area contributed by atoms with E-state index >= 15 is 0 Å². The second-order valence-electron chi connectivity index (χ2n) is 3.54. The molecule has 0 aliphatic carbocycles. The summed E-state index contributed by atoms with van der Waals surface area (Å²) in [6.07, 6.45) is 1.29. The Morgan fingerprint density at radius 2 is 2.06 bits per heavy atom. The Morgan fingerprint density at radius 3 is 2.50 bits per heavy atom. The number of anilines is 1. The smallest absolute Gasteiger partial charge is 0.343 e. The summed E-state index contributed by atoms with van der Waals surface area (Å²) in [5.74, 6) is -0.175. The van der Waals surface area contributed by atoms with Crippen molar-refractivity contribution in [1.82, 2.24) is 9.97 Å². The van der Waals surface area contributed by atoms with Crippen LogP contribution in [0.15, 0.2) is 6.20 Å². The molecule has 1 heterocycles. The minimum atomic E-state index is -1.74. The number of carbonyl (C=O) groups is 1. The van der Waals surface area contributed by atoms with Gasteiger partial charge in [-0.2, -0.15) is 0 Å². The van der Waals surface area contributed by atoms with Crippen LogP contribution in [-0.4, -0.2) is 36.6 Å². The van der Waals surface area contributed by atoms with Crippen molar-refractivity contribution in [2.24, 2.45) is 0 Å². The van der Waals surface area contributed by atoms with E-state index in [1.165, 1.54) is 6.20 Å². The number of nitrogens with zero attached hydrogens (tertiary/aromatic N) is 3. The zero-order valence-electron chi connectivity index (χ0n) is 10.1. The molecule has 0 fully saturated rings. The molecule has 0 aliphatic rings. The molecule has 1 aromatic rings. The fraction of sp³-hybridized carbons (Fsp3) is 0.500. The molecule has 18 heavy (non-hydrogen) atoms. The highest BCUT2D eigenvalue weighted by atomic mass is 35.6. The van der Waals surface area contributed by atoms with Crippen molar-refractivity contribution < 1.29 is 9.53 Å². The number of hydrogen-bond donors (Lipinski definition) is 0. The Balaban J connectivity index is 3.25. The van der Waals surface area contributed by atoms with Gasteiger partial charge in [0.2, 0.25) is 3.79 Å². The molecule has 0 saturated heterocycles. The monoisotopic (exact) mass is 311 g/mol. The Hall–Kier alpha value is -0.780. The summed E-state index contributed by atoms with van der Waals surface area (Å²) < 4.78 is 3.16. The van der Waals surface area contributed by atoms with Crippen LogP contribution in [-0.2, 0) is 8.53 Å². The molecule has 5 nitrogen and oxygen atoms in total. The summed E-state index contributed by atoms with van der Waals surface area (Å²) in [4.78, 5) is 21.2. The second-order valence-corrected chi connectivity index (χ2v) is 5.82. The van der Waals surface area contributed by atoms with Gasteiger partial charge >= 0.3 is 5.97 Å². The lowest BCUT2D eigenvalue weighted by molar-refractivity contribution is 0.0526. The van der Waals surface area contributed by atoms with Gasteiger partial charge in [0.1, 0.15) is 11.4 Å². The highest BCUT2D eigenvalue weighted by Crippen LogP contribution is 2.36. The Morgan fingerprint density at radius 1 is 1.44 bits per heavy atom. The maximum absolute atomic E-state index is 11.7. The van der Waals surface area contributed by atoms with Crippen LogP contribution in [0.3, 0.4) is 0 Å². The van der Waals surface area contributed by atoms with Crippen molar-refractivity contribution in [1.29, 1.82) is 0 Å². The van der Waals surface area contributed by atoms with Crippen LogP contribution in [0.25, 0.3) is 0 Å². The molecule has 0 N–H and O–H groups in total. The first-order chi connectivity index (χ1) is 8.27. The van der Waals surface area contributed by atoms with E-state index < -0.39 is 9.76 Å². The number of rotatable bonds is 3. The number of carbonyl (C=O) groups excluding carboxylic acids is 1. The van der Waals surface area contributed by atoms with E-state index in [4.69, 9.17) is 39.5 Å². The van der Waals surface area contributed by atoms with E-state index in [1.807, 2.05) is 0 Å². The topological polar surface area (TPSA) is 55.3 Å².